The fraction of sp³-hybridized carbons (Fsp3) is 0.286. The summed E-state index contributed by atoms with van der Waals surface area (Å²) >= 11 is 0. The van der Waals surface area contributed by atoms with Crippen molar-refractivity contribution in [2.24, 2.45) is 5.92 Å². The second-order valence-electron chi connectivity index (χ2n) is 8.31. The summed E-state index contributed by atoms with van der Waals surface area (Å²) in [6.45, 7) is 3.98. The molecule has 0 radical (unpaired) electrons. The van der Waals surface area contributed by atoms with Gasteiger partial charge in [0.1, 0.15) is 5.75 Å². The average Bonchev–Trinajstić information content (AvgIpc) is 3.03. The fourth-order valence-electron chi connectivity index (χ4n) is 4.30. The Bertz CT molecular complexity index is 1080. The minimum Gasteiger partial charge on any atom is -0.494 e. The molecule has 1 aliphatic rings. The molecule has 1 aliphatic heterocycles. The maximum atomic E-state index is 13.1. The first-order valence-electron chi connectivity index (χ1n) is 11.5. The predicted molar refractivity (Wildman–Crippen MR) is 130 cm³/mol. The summed E-state index contributed by atoms with van der Waals surface area (Å²) in [5.74, 6) is 0.559. The predicted octanol–water partition coefficient (Wildman–Crippen LogP) is 4.11. The van der Waals surface area contributed by atoms with E-state index < -0.39 is 0 Å². The molecule has 3 aromatic rings. The van der Waals surface area contributed by atoms with Crippen LogP contribution in [0.25, 0.3) is 11.1 Å². The van der Waals surface area contributed by atoms with E-state index in [4.69, 9.17) is 4.74 Å². The molecule has 0 aromatic heterocycles. The summed E-state index contributed by atoms with van der Waals surface area (Å²) in [7, 11) is 0. The van der Waals surface area contributed by atoms with Gasteiger partial charge in [-0.15, -0.1) is 0 Å². The summed E-state index contributed by atoms with van der Waals surface area (Å²) < 4.78 is 5.48. The molecular formula is C28H30N2O3. The minimum absolute atomic E-state index is 0.00855. The van der Waals surface area contributed by atoms with Gasteiger partial charge in [-0.1, -0.05) is 66.7 Å². The number of nitrogens with zero attached hydrogens (tertiary/aromatic N) is 1. The van der Waals surface area contributed by atoms with Gasteiger partial charge in [0.05, 0.1) is 18.9 Å². The quantitative estimate of drug-likeness (QED) is 0.599. The van der Waals surface area contributed by atoms with E-state index in [0.29, 0.717) is 39.1 Å². The standard InChI is InChI=1S/C28H30N2O3/c1-2-33-25-14-12-21(13-15-25)18-27(31)30-17-16-29-28(32)24(20-30)19-23-10-6-7-11-26(23)22-8-4-3-5-9-22/h3-15,24H,2,16-20H2,1H3,(H,29,32)/t24-/m1/s1. The van der Waals surface area contributed by atoms with E-state index in [1.165, 1.54) is 0 Å². The van der Waals surface area contributed by atoms with Crippen LogP contribution in [-0.2, 0) is 22.4 Å². The van der Waals surface area contributed by atoms with Crippen molar-refractivity contribution in [3.05, 3.63) is 90.0 Å². The molecule has 1 fully saturated rings. The van der Waals surface area contributed by atoms with Crippen LogP contribution in [0.3, 0.4) is 0 Å². The Morgan fingerprint density at radius 3 is 2.48 bits per heavy atom. The van der Waals surface area contributed by atoms with Crippen LogP contribution in [0.1, 0.15) is 18.1 Å². The molecule has 0 aliphatic carbocycles. The summed E-state index contributed by atoms with van der Waals surface area (Å²) in [6.07, 6.45) is 0.900. The molecule has 1 saturated heterocycles. The van der Waals surface area contributed by atoms with Gasteiger partial charge in [-0.2, -0.15) is 0 Å². The summed E-state index contributed by atoms with van der Waals surface area (Å²) in [4.78, 5) is 27.7. The van der Waals surface area contributed by atoms with Crippen molar-refractivity contribution in [2.45, 2.75) is 19.8 Å². The third-order valence-electron chi connectivity index (χ3n) is 6.00. The van der Waals surface area contributed by atoms with E-state index in [2.05, 4.69) is 29.6 Å². The van der Waals surface area contributed by atoms with Crippen LogP contribution in [0, 0.1) is 5.92 Å². The second-order valence-corrected chi connectivity index (χ2v) is 8.31. The van der Waals surface area contributed by atoms with E-state index in [-0.39, 0.29) is 17.7 Å². The average molecular weight is 443 g/mol. The van der Waals surface area contributed by atoms with E-state index in [0.717, 1.165) is 28.0 Å². The van der Waals surface area contributed by atoms with Gasteiger partial charge >= 0.3 is 0 Å². The van der Waals surface area contributed by atoms with Gasteiger partial charge in [0.2, 0.25) is 11.8 Å². The van der Waals surface area contributed by atoms with Crippen molar-refractivity contribution in [3.63, 3.8) is 0 Å². The van der Waals surface area contributed by atoms with Crippen LogP contribution >= 0.6 is 0 Å². The molecule has 3 aromatic carbocycles. The first kappa shape index (κ1) is 22.6. The van der Waals surface area contributed by atoms with Gasteiger partial charge in [0.15, 0.2) is 0 Å². The number of benzene rings is 3. The van der Waals surface area contributed by atoms with Crippen LogP contribution in [0.15, 0.2) is 78.9 Å². The molecule has 0 unspecified atom stereocenters. The lowest BCUT2D eigenvalue weighted by atomic mass is 9.91. The maximum absolute atomic E-state index is 13.1. The van der Waals surface area contributed by atoms with Gasteiger partial charge in [-0.3, -0.25) is 9.59 Å². The Morgan fingerprint density at radius 2 is 1.73 bits per heavy atom. The van der Waals surface area contributed by atoms with E-state index in [1.807, 2.05) is 66.4 Å². The van der Waals surface area contributed by atoms with Crippen molar-refractivity contribution in [1.29, 1.82) is 0 Å². The number of ether oxygens (including phenoxy) is 1. The highest BCUT2D eigenvalue weighted by molar-refractivity contribution is 5.83. The molecule has 5 heteroatoms. The number of nitrogens with one attached hydrogen (secondary N) is 1. The molecule has 1 N–H and O–H groups in total. The van der Waals surface area contributed by atoms with Gasteiger partial charge in [0, 0.05) is 19.6 Å². The van der Waals surface area contributed by atoms with Crippen molar-refractivity contribution >= 4 is 11.8 Å². The molecule has 0 spiro atoms. The summed E-state index contributed by atoms with van der Waals surface area (Å²) in [6, 6.07) is 26.0. The highest BCUT2D eigenvalue weighted by Gasteiger charge is 2.28. The number of carbonyl (C=O) groups excluding carboxylic acids is 2. The maximum Gasteiger partial charge on any atom is 0.227 e. The molecule has 4 rings (SSSR count). The molecule has 33 heavy (non-hydrogen) atoms. The smallest absolute Gasteiger partial charge is 0.227 e. The van der Waals surface area contributed by atoms with E-state index in [9.17, 15) is 9.59 Å². The number of hydrogen-bond acceptors (Lipinski definition) is 3. The lowest BCUT2D eigenvalue weighted by Gasteiger charge is -2.24. The topological polar surface area (TPSA) is 58.6 Å². The number of carbonyl (C=O) groups is 2. The largest absolute Gasteiger partial charge is 0.494 e. The third-order valence-corrected chi connectivity index (χ3v) is 6.00. The minimum atomic E-state index is -0.290. The molecule has 170 valence electrons. The molecule has 0 bridgehead atoms. The highest BCUT2D eigenvalue weighted by Crippen LogP contribution is 2.26. The van der Waals surface area contributed by atoms with Crippen molar-refractivity contribution < 1.29 is 14.3 Å². The normalized spacial score (nSPS) is 16.1. The van der Waals surface area contributed by atoms with Gasteiger partial charge < -0.3 is 15.0 Å². The number of amides is 2. The molecule has 1 atom stereocenters. The Labute approximate surface area is 195 Å². The van der Waals surface area contributed by atoms with Crippen molar-refractivity contribution in [3.8, 4) is 16.9 Å². The number of rotatable bonds is 7. The highest BCUT2D eigenvalue weighted by atomic mass is 16.5. The lowest BCUT2D eigenvalue weighted by molar-refractivity contribution is -0.131. The van der Waals surface area contributed by atoms with Crippen molar-refractivity contribution in [1.82, 2.24) is 10.2 Å². The zero-order chi connectivity index (χ0) is 23.0. The molecular weight excluding hydrogens is 412 g/mol. The molecule has 1 heterocycles. The van der Waals surface area contributed by atoms with E-state index >= 15 is 0 Å². The van der Waals surface area contributed by atoms with Gasteiger partial charge in [-0.25, -0.2) is 0 Å². The number of hydrogen-bond donors (Lipinski definition) is 1. The fourth-order valence-corrected chi connectivity index (χ4v) is 4.30. The van der Waals surface area contributed by atoms with Crippen molar-refractivity contribution in [2.75, 3.05) is 26.2 Å². The zero-order valence-electron chi connectivity index (χ0n) is 19.0. The van der Waals surface area contributed by atoms with Gasteiger partial charge in [-0.05, 0) is 47.7 Å². The van der Waals surface area contributed by atoms with Crippen LogP contribution in [0.5, 0.6) is 5.75 Å². The van der Waals surface area contributed by atoms with Crippen LogP contribution < -0.4 is 10.1 Å². The van der Waals surface area contributed by atoms with Crippen LogP contribution in [0.2, 0.25) is 0 Å². The summed E-state index contributed by atoms with van der Waals surface area (Å²) in [5.41, 5.74) is 4.32. The molecule has 5 nitrogen and oxygen atoms in total. The van der Waals surface area contributed by atoms with E-state index in [1.54, 1.807) is 0 Å². The first-order valence-corrected chi connectivity index (χ1v) is 11.5. The monoisotopic (exact) mass is 442 g/mol. The molecule has 2 amide bonds. The second kappa shape index (κ2) is 10.8. The molecule has 0 saturated carbocycles. The Hall–Kier alpha value is -3.60. The summed E-state index contributed by atoms with van der Waals surface area (Å²) in [5, 5.41) is 2.99. The van der Waals surface area contributed by atoms with Gasteiger partial charge in [0.25, 0.3) is 0 Å². The lowest BCUT2D eigenvalue weighted by Crippen LogP contribution is -2.38. The zero-order valence-corrected chi connectivity index (χ0v) is 19.0. The third kappa shape index (κ3) is 5.80. The van der Waals surface area contributed by atoms with Crippen LogP contribution in [0.4, 0.5) is 0 Å². The van der Waals surface area contributed by atoms with Crippen LogP contribution in [-0.4, -0.2) is 43.0 Å². The Morgan fingerprint density at radius 1 is 1.00 bits per heavy atom. The Kier molecular flexibility index (Phi) is 7.40. The Balaban J connectivity index is 1.47. The first-order chi connectivity index (χ1) is 16.1. The SMILES string of the molecule is CCOc1ccc(CC(=O)N2CCNC(=O)[C@H](Cc3ccccc3-c3ccccc3)C2)cc1.